The highest BCUT2D eigenvalue weighted by molar-refractivity contribution is 5.52. The molecule has 192 valence electrons. The second-order valence-electron chi connectivity index (χ2n) is 8.58. The summed E-state index contributed by atoms with van der Waals surface area (Å²) in [5.41, 5.74) is 15.2. The first-order valence-corrected chi connectivity index (χ1v) is 12.6. The molecular weight excluding hydrogens is 464 g/mol. The van der Waals surface area contributed by atoms with Crippen molar-refractivity contribution in [1.82, 2.24) is 0 Å². The Hall–Kier alpha value is -4.32. The quantitative estimate of drug-likeness (QED) is 0.205. The number of hydrogen-bond donors (Lipinski definition) is 2. The van der Waals surface area contributed by atoms with Crippen LogP contribution in [0.3, 0.4) is 0 Å². The number of anilines is 2. The Balaban J connectivity index is 1.63. The van der Waals surface area contributed by atoms with E-state index in [2.05, 4.69) is 31.2 Å². The van der Waals surface area contributed by atoms with Crippen LogP contribution in [0.2, 0.25) is 0 Å². The molecule has 0 saturated carbocycles. The number of rotatable bonds is 11. The minimum Gasteiger partial charge on any atom is -0.490 e. The molecular formula is C31H34N2O4. The van der Waals surface area contributed by atoms with Crippen molar-refractivity contribution in [3.8, 4) is 34.5 Å². The van der Waals surface area contributed by atoms with Crippen molar-refractivity contribution in [3.63, 3.8) is 0 Å². The molecule has 0 bridgehead atoms. The Bertz CT molecular complexity index is 1200. The van der Waals surface area contributed by atoms with E-state index >= 15 is 0 Å². The molecule has 0 aliphatic carbocycles. The normalized spacial score (nSPS) is 10.8. The van der Waals surface area contributed by atoms with E-state index in [0.717, 1.165) is 17.5 Å². The lowest BCUT2D eigenvalue weighted by Gasteiger charge is -2.21. The topological polar surface area (TPSA) is 89.0 Å². The van der Waals surface area contributed by atoms with Crippen LogP contribution in [0.15, 0.2) is 84.9 Å². The van der Waals surface area contributed by atoms with Gasteiger partial charge in [-0.05, 0) is 104 Å². The van der Waals surface area contributed by atoms with Crippen LogP contribution in [0.1, 0.15) is 44.2 Å². The number of hydrogen-bond acceptors (Lipinski definition) is 6. The summed E-state index contributed by atoms with van der Waals surface area (Å²) in [6.45, 7) is 7.16. The number of nitrogen functional groups attached to an aromatic ring is 2. The van der Waals surface area contributed by atoms with Gasteiger partial charge in [0.2, 0.25) is 0 Å². The molecule has 0 radical (unpaired) electrons. The van der Waals surface area contributed by atoms with Gasteiger partial charge in [0.1, 0.15) is 11.5 Å². The van der Waals surface area contributed by atoms with Gasteiger partial charge in [0.15, 0.2) is 23.0 Å². The SMILES string of the molecule is CCOc1cc(C(CC)c2ccc(Oc3ccc(N)cc3)c(OCC)c2)ccc1Oc1ccc(N)cc1. The van der Waals surface area contributed by atoms with Gasteiger partial charge in [-0.15, -0.1) is 0 Å². The number of ether oxygens (including phenoxy) is 4. The second-order valence-corrected chi connectivity index (χ2v) is 8.58. The zero-order valence-corrected chi connectivity index (χ0v) is 21.6. The molecule has 37 heavy (non-hydrogen) atoms. The third kappa shape index (κ3) is 6.47. The van der Waals surface area contributed by atoms with E-state index in [1.807, 2.05) is 74.5 Å². The lowest BCUT2D eigenvalue weighted by atomic mass is 9.88. The van der Waals surface area contributed by atoms with E-state index in [1.165, 1.54) is 0 Å². The van der Waals surface area contributed by atoms with Crippen molar-refractivity contribution in [2.45, 2.75) is 33.1 Å². The average molecular weight is 499 g/mol. The van der Waals surface area contributed by atoms with E-state index in [-0.39, 0.29) is 5.92 Å². The standard InChI is InChI=1S/C31H34N2O4/c1-4-27(21-7-17-28(30(19-21)34-5-2)36-25-13-9-23(32)10-14-25)22-8-18-29(31(20-22)35-6-3)37-26-15-11-24(33)12-16-26/h7-20,27H,4-6,32-33H2,1-3H3. The fraction of sp³-hybridized carbons (Fsp3) is 0.226. The van der Waals surface area contributed by atoms with Gasteiger partial charge in [-0.1, -0.05) is 19.1 Å². The van der Waals surface area contributed by atoms with Crippen LogP contribution in [0.4, 0.5) is 11.4 Å². The Morgan fingerprint density at radius 3 is 1.30 bits per heavy atom. The molecule has 4 aromatic rings. The predicted molar refractivity (Wildman–Crippen MR) is 149 cm³/mol. The first-order chi connectivity index (χ1) is 18.0. The Kier molecular flexibility index (Phi) is 8.41. The van der Waals surface area contributed by atoms with Gasteiger partial charge >= 0.3 is 0 Å². The number of nitrogens with two attached hydrogens (primary N) is 2. The summed E-state index contributed by atoms with van der Waals surface area (Å²) in [5, 5.41) is 0. The predicted octanol–water partition coefficient (Wildman–Crippen LogP) is 7.77. The van der Waals surface area contributed by atoms with E-state index in [4.69, 9.17) is 30.4 Å². The van der Waals surface area contributed by atoms with E-state index < -0.39 is 0 Å². The third-order valence-electron chi connectivity index (χ3n) is 5.96. The smallest absolute Gasteiger partial charge is 0.169 e. The molecule has 0 atom stereocenters. The molecule has 0 heterocycles. The van der Waals surface area contributed by atoms with Crippen LogP contribution in [-0.2, 0) is 0 Å². The van der Waals surface area contributed by atoms with Gasteiger partial charge < -0.3 is 30.4 Å². The summed E-state index contributed by atoms with van der Waals surface area (Å²) in [6.07, 6.45) is 0.896. The van der Waals surface area contributed by atoms with Gasteiger partial charge in [0.05, 0.1) is 13.2 Å². The summed E-state index contributed by atoms with van der Waals surface area (Å²) in [7, 11) is 0. The molecule has 0 aliphatic rings. The van der Waals surface area contributed by atoms with Crippen LogP contribution in [0.5, 0.6) is 34.5 Å². The summed E-state index contributed by atoms with van der Waals surface area (Å²) in [5.74, 6) is 4.25. The van der Waals surface area contributed by atoms with E-state index in [9.17, 15) is 0 Å². The zero-order chi connectivity index (χ0) is 26.2. The molecule has 0 aliphatic heterocycles. The van der Waals surface area contributed by atoms with Gasteiger partial charge in [-0.3, -0.25) is 0 Å². The van der Waals surface area contributed by atoms with Crippen molar-refractivity contribution >= 4 is 11.4 Å². The van der Waals surface area contributed by atoms with Crippen LogP contribution in [0, 0.1) is 0 Å². The van der Waals surface area contributed by atoms with E-state index in [0.29, 0.717) is 59.1 Å². The summed E-state index contributed by atoms with van der Waals surface area (Å²) in [4.78, 5) is 0. The molecule has 0 unspecified atom stereocenters. The van der Waals surface area contributed by atoms with Crippen molar-refractivity contribution in [2.24, 2.45) is 0 Å². The monoisotopic (exact) mass is 498 g/mol. The Morgan fingerprint density at radius 2 is 0.946 bits per heavy atom. The Labute approximate surface area is 218 Å². The highest BCUT2D eigenvalue weighted by atomic mass is 16.5. The van der Waals surface area contributed by atoms with Gasteiger partial charge in [-0.2, -0.15) is 0 Å². The molecule has 0 saturated heterocycles. The van der Waals surface area contributed by atoms with Crippen molar-refractivity contribution < 1.29 is 18.9 Å². The summed E-state index contributed by atoms with van der Waals surface area (Å²) < 4.78 is 24.1. The fourth-order valence-electron chi connectivity index (χ4n) is 4.18. The first-order valence-electron chi connectivity index (χ1n) is 12.6. The molecule has 0 amide bonds. The molecule has 4 rings (SSSR count). The molecule has 4 aromatic carbocycles. The molecule has 6 nitrogen and oxygen atoms in total. The largest absolute Gasteiger partial charge is 0.490 e. The highest BCUT2D eigenvalue weighted by Crippen LogP contribution is 2.40. The van der Waals surface area contributed by atoms with Crippen LogP contribution in [-0.4, -0.2) is 13.2 Å². The van der Waals surface area contributed by atoms with Crippen molar-refractivity contribution in [1.29, 1.82) is 0 Å². The Morgan fingerprint density at radius 1 is 0.541 bits per heavy atom. The fourth-order valence-corrected chi connectivity index (χ4v) is 4.18. The maximum Gasteiger partial charge on any atom is 0.169 e. The summed E-state index contributed by atoms with van der Waals surface area (Å²) >= 11 is 0. The zero-order valence-electron chi connectivity index (χ0n) is 21.6. The van der Waals surface area contributed by atoms with E-state index in [1.54, 1.807) is 0 Å². The average Bonchev–Trinajstić information content (AvgIpc) is 2.90. The minimum absolute atomic E-state index is 0.134. The summed E-state index contributed by atoms with van der Waals surface area (Å²) in [6, 6.07) is 26.8. The van der Waals surface area contributed by atoms with Gasteiger partial charge in [-0.25, -0.2) is 0 Å². The van der Waals surface area contributed by atoms with Crippen molar-refractivity contribution in [3.05, 3.63) is 96.1 Å². The molecule has 6 heteroatoms. The second kappa shape index (κ2) is 12.1. The van der Waals surface area contributed by atoms with Crippen molar-refractivity contribution in [2.75, 3.05) is 24.7 Å². The molecule has 0 fully saturated rings. The highest BCUT2D eigenvalue weighted by Gasteiger charge is 2.18. The lowest BCUT2D eigenvalue weighted by molar-refractivity contribution is 0.320. The van der Waals surface area contributed by atoms with Crippen LogP contribution in [0.25, 0.3) is 0 Å². The third-order valence-corrected chi connectivity index (χ3v) is 5.96. The maximum absolute atomic E-state index is 6.10. The minimum atomic E-state index is 0.134. The lowest BCUT2D eigenvalue weighted by Crippen LogP contribution is -2.04. The first kappa shape index (κ1) is 25.8. The number of benzene rings is 4. The van der Waals surface area contributed by atoms with Crippen LogP contribution >= 0.6 is 0 Å². The molecule has 4 N–H and O–H groups in total. The molecule has 0 aromatic heterocycles. The molecule has 0 spiro atoms. The van der Waals surface area contributed by atoms with Gasteiger partial charge in [0, 0.05) is 17.3 Å². The van der Waals surface area contributed by atoms with Crippen LogP contribution < -0.4 is 30.4 Å². The van der Waals surface area contributed by atoms with Gasteiger partial charge in [0.25, 0.3) is 0 Å². The maximum atomic E-state index is 6.10.